The SMILES string of the molecule is Cc1[nH]c(=O)sc1C(=O)NCC(c1ccccc1)S(=O)(=O)c1ccc(F)cc1. The molecule has 6 nitrogen and oxygen atoms in total. The number of rotatable bonds is 6. The molecule has 2 N–H and O–H groups in total. The molecular formula is C19H17FN2O4S2. The van der Waals surface area contributed by atoms with E-state index < -0.39 is 26.8 Å². The first kappa shape index (κ1) is 20.0. The van der Waals surface area contributed by atoms with E-state index in [9.17, 15) is 22.4 Å². The number of nitrogens with one attached hydrogen (secondary N) is 2. The van der Waals surface area contributed by atoms with Gasteiger partial charge in [0.1, 0.15) is 15.9 Å². The molecule has 146 valence electrons. The highest BCUT2D eigenvalue weighted by molar-refractivity contribution is 7.91. The molecule has 0 radical (unpaired) electrons. The lowest BCUT2D eigenvalue weighted by Crippen LogP contribution is -2.32. The summed E-state index contributed by atoms with van der Waals surface area (Å²) in [5, 5.41) is 1.53. The maximum Gasteiger partial charge on any atom is 0.305 e. The van der Waals surface area contributed by atoms with Crippen molar-refractivity contribution in [3.05, 3.63) is 86.2 Å². The Morgan fingerprint density at radius 2 is 1.79 bits per heavy atom. The molecule has 3 aromatic rings. The van der Waals surface area contributed by atoms with Crippen molar-refractivity contribution in [2.45, 2.75) is 17.1 Å². The number of amides is 1. The maximum atomic E-state index is 13.2. The zero-order valence-electron chi connectivity index (χ0n) is 14.8. The van der Waals surface area contributed by atoms with E-state index in [0.29, 0.717) is 11.3 Å². The van der Waals surface area contributed by atoms with Crippen LogP contribution in [0.5, 0.6) is 0 Å². The van der Waals surface area contributed by atoms with Crippen molar-refractivity contribution in [3.8, 4) is 0 Å². The van der Waals surface area contributed by atoms with Crippen LogP contribution in [0.15, 0.2) is 64.3 Å². The Kier molecular flexibility index (Phi) is 5.76. The van der Waals surface area contributed by atoms with E-state index >= 15 is 0 Å². The van der Waals surface area contributed by atoms with Crippen LogP contribution in [0, 0.1) is 12.7 Å². The van der Waals surface area contributed by atoms with Gasteiger partial charge in [0.05, 0.1) is 4.90 Å². The van der Waals surface area contributed by atoms with Gasteiger partial charge in [-0.25, -0.2) is 12.8 Å². The van der Waals surface area contributed by atoms with Gasteiger partial charge in [0.2, 0.25) is 0 Å². The van der Waals surface area contributed by atoms with Gasteiger partial charge in [0, 0.05) is 12.2 Å². The number of halogens is 1. The molecule has 28 heavy (non-hydrogen) atoms. The zero-order chi connectivity index (χ0) is 20.3. The molecule has 1 atom stereocenters. The van der Waals surface area contributed by atoms with E-state index in [-0.39, 0.29) is 21.2 Å². The number of carbonyl (C=O) groups is 1. The molecule has 3 rings (SSSR count). The minimum Gasteiger partial charge on any atom is -0.350 e. The molecular weight excluding hydrogens is 403 g/mol. The number of aromatic amines is 1. The van der Waals surface area contributed by atoms with Crippen LogP contribution in [0.2, 0.25) is 0 Å². The van der Waals surface area contributed by atoms with Crippen molar-refractivity contribution in [2.24, 2.45) is 0 Å². The Balaban J connectivity index is 1.92. The second-order valence-corrected chi connectivity index (χ2v) is 9.19. The van der Waals surface area contributed by atoms with Crippen molar-refractivity contribution in [1.82, 2.24) is 10.3 Å². The van der Waals surface area contributed by atoms with Crippen molar-refractivity contribution in [1.29, 1.82) is 0 Å². The van der Waals surface area contributed by atoms with Gasteiger partial charge in [-0.2, -0.15) is 0 Å². The summed E-state index contributed by atoms with van der Waals surface area (Å²) in [5.74, 6) is -1.07. The Labute approximate surface area is 165 Å². The second kappa shape index (κ2) is 8.07. The monoisotopic (exact) mass is 420 g/mol. The van der Waals surface area contributed by atoms with Crippen LogP contribution in [-0.2, 0) is 9.84 Å². The van der Waals surface area contributed by atoms with Crippen LogP contribution in [0.1, 0.15) is 26.2 Å². The summed E-state index contributed by atoms with van der Waals surface area (Å²) in [5.41, 5.74) is 0.913. The molecule has 0 aliphatic rings. The van der Waals surface area contributed by atoms with Gasteiger partial charge in [0.25, 0.3) is 5.91 Å². The van der Waals surface area contributed by atoms with E-state index in [1.165, 1.54) is 12.1 Å². The Bertz CT molecular complexity index is 1140. The number of hydrogen-bond donors (Lipinski definition) is 2. The molecule has 2 aromatic carbocycles. The van der Waals surface area contributed by atoms with Crippen LogP contribution < -0.4 is 10.2 Å². The van der Waals surface area contributed by atoms with Crippen LogP contribution >= 0.6 is 11.3 Å². The molecule has 1 aromatic heterocycles. The smallest absolute Gasteiger partial charge is 0.305 e. The number of sulfone groups is 1. The van der Waals surface area contributed by atoms with Crippen molar-refractivity contribution in [2.75, 3.05) is 6.54 Å². The molecule has 0 bridgehead atoms. The van der Waals surface area contributed by atoms with Gasteiger partial charge in [-0.05, 0) is 36.8 Å². The van der Waals surface area contributed by atoms with Gasteiger partial charge < -0.3 is 10.3 Å². The molecule has 9 heteroatoms. The molecule has 0 aliphatic carbocycles. The minimum atomic E-state index is -3.90. The fourth-order valence-electron chi connectivity index (χ4n) is 2.75. The molecule has 1 unspecified atom stereocenters. The van der Waals surface area contributed by atoms with Gasteiger partial charge in [-0.3, -0.25) is 9.59 Å². The van der Waals surface area contributed by atoms with Crippen LogP contribution in [0.4, 0.5) is 4.39 Å². The predicted octanol–water partition coefficient (Wildman–Crippen LogP) is 2.83. The van der Waals surface area contributed by atoms with E-state index in [2.05, 4.69) is 10.3 Å². The highest BCUT2D eigenvalue weighted by atomic mass is 32.2. The average Bonchev–Trinajstić information content (AvgIpc) is 3.01. The van der Waals surface area contributed by atoms with E-state index in [0.717, 1.165) is 23.5 Å². The Morgan fingerprint density at radius 1 is 1.14 bits per heavy atom. The summed E-state index contributed by atoms with van der Waals surface area (Å²) in [4.78, 5) is 26.1. The van der Waals surface area contributed by atoms with E-state index in [4.69, 9.17) is 0 Å². The Hall–Kier alpha value is -2.78. The van der Waals surface area contributed by atoms with Gasteiger partial charge in [0.15, 0.2) is 9.84 Å². The van der Waals surface area contributed by atoms with Crippen LogP contribution in [0.3, 0.4) is 0 Å². The highest BCUT2D eigenvalue weighted by Gasteiger charge is 2.30. The first-order valence-corrected chi connectivity index (χ1v) is 10.7. The summed E-state index contributed by atoms with van der Waals surface area (Å²) in [6.45, 7) is 1.39. The molecule has 0 aliphatic heterocycles. The summed E-state index contributed by atoms with van der Waals surface area (Å²) >= 11 is 0.761. The number of H-pyrrole nitrogens is 1. The largest absolute Gasteiger partial charge is 0.350 e. The number of aromatic nitrogens is 1. The lowest BCUT2D eigenvalue weighted by Gasteiger charge is -2.19. The predicted molar refractivity (Wildman–Crippen MR) is 105 cm³/mol. The molecule has 0 saturated carbocycles. The number of thiazole rings is 1. The summed E-state index contributed by atoms with van der Waals surface area (Å²) < 4.78 is 39.5. The third kappa shape index (κ3) is 4.20. The van der Waals surface area contributed by atoms with Gasteiger partial charge in [-0.15, -0.1) is 0 Å². The average molecular weight is 420 g/mol. The molecule has 1 heterocycles. The van der Waals surface area contributed by atoms with Crippen LogP contribution in [-0.4, -0.2) is 25.9 Å². The zero-order valence-corrected chi connectivity index (χ0v) is 16.4. The number of hydrogen-bond acceptors (Lipinski definition) is 5. The van der Waals surface area contributed by atoms with Crippen LogP contribution in [0.25, 0.3) is 0 Å². The third-order valence-corrected chi connectivity index (χ3v) is 7.27. The van der Waals surface area contributed by atoms with Gasteiger partial charge in [-0.1, -0.05) is 41.7 Å². The van der Waals surface area contributed by atoms with Crippen molar-refractivity contribution >= 4 is 27.1 Å². The maximum absolute atomic E-state index is 13.2. The second-order valence-electron chi connectivity index (χ2n) is 6.08. The standard InChI is InChI=1S/C19H17FN2O4S2/c1-12-17(27-19(24)22-12)18(23)21-11-16(13-5-3-2-4-6-13)28(25,26)15-9-7-14(20)8-10-15/h2-10,16H,11H2,1H3,(H,21,23)(H,22,24). The fourth-order valence-corrected chi connectivity index (χ4v) is 5.17. The summed E-state index contributed by atoms with van der Waals surface area (Å²) in [6, 6.07) is 13.0. The summed E-state index contributed by atoms with van der Waals surface area (Å²) in [6.07, 6.45) is 0. The van der Waals surface area contributed by atoms with Gasteiger partial charge >= 0.3 is 4.87 Å². The minimum absolute atomic E-state index is 0.0421. The van der Waals surface area contributed by atoms with Crippen molar-refractivity contribution in [3.63, 3.8) is 0 Å². The fraction of sp³-hybridized carbons (Fsp3) is 0.158. The summed E-state index contributed by atoms with van der Waals surface area (Å²) in [7, 11) is -3.90. The third-order valence-electron chi connectivity index (χ3n) is 4.17. The van der Waals surface area contributed by atoms with Crippen molar-refractivity contribution < 1.29 is 17.6 Å². The Morgan fingerprint density at radius 3 is 2.36 bits per heavy atom. The lowest BCUT2D eigenvalue weighted by atomic mass is 10.1. The molecule has 0 saturated heterocycles. The lowest BCUT2D eigenvalue weighted by molar-refractivity contribution is 0.0957. The number of benzene rings is 2. The number of aryl methyl sites for hydroxylation is 1. The molecule has 0 spiro atoms. The molecule has 1 amide bonds. The van der Waals surface area contributed by atoms with E-state index in [1.807, 2.05) is 0 Å². The first-order chi connectivity index (χ1) is 13.3. The first-order valence-electron chi connectivity index (χ1n) is 8.31. The quantitative estimate of drug-likeness (QED) is 0.600. The normalized spacial score (nSPS) is 12.5. The highest BCUT2D eigenvalue weighted by Crippen LogP contribution is 2.28. The molecule has 0 fully saturated rings. The van der Waals surface area contributed by atoms with E-state index in [1.54, 1.807) is 37.3 Å². The topological polar surface area (TPSA) is 96.1 Å². The number of carbonyl (C=O) groups excluding carboxylic acids is 1.